The summed E-state index contributed by atoms with van der Waals surface area (Å²) < 4.78 is 0. The molecule has 20 heavy (non-hydrogen) atoms. The Morgan fingerprint density at radius 3 is 2.80 bits per heavy atom. The molecule has 2 heterocycles. The molecule has 104 valence electrons. The Morgan fingerprint density at radius 1 is 1.40 bits per heavy atom. The first-order valence-electron chi connectivity index (χ1n) is 5.16. The lowest BCUT2D eigenvalue weighted by Crippen LogP contribution is -2.20. The molecule has 3 N–H and O–H groups in total. The van der Waals surface area contributed by atoms with Crippen LogP contribution < -0.4 is 11.2 Å². The number of nitrogens with two attached hydrogens (primary N) is 1. The van der Waals surface area contributed by atoms with Gasteiger partial charge in [0, 0.05) is 5.56 Å². The van der Waals surface area contributed by atoms with Crippen molar-refractivity contribution in [3.63, 3.8) is 0 Å². The number of carbonyl (C=O) groups excluding carboxylic acids is 1. The van der Waals surface area contributed by atoms with Crippen LogP contribution >= 0.6 is 46.1 Å². The number of nitrogens with one attached hydrogen (secondary N) is 1. The number of halogens is 3. The number of pyridine rings is 1. The summed E-state index contributed by atoms with van der Waals surface area (Å²) >= 11 is 18.9. The molecular formula is C11H7Cl3N4OS. The summed E-state index contributed by atoms with van der Waals surface area (Å²) in [6, 6.07) is 1.85. The minimum Gasteiger partial charge on any atom is -0.396 e. The molecule has 0 saturated heterocycles. The van der Waals surface area contributed by atoms with E-state index in [2.05, 4.69) is 15.5 Å². The second-order valence-electron chi connectivity index (χ2n) is 3.55. The summed E-state index contributed by atoms with van der Waals surface area (Å²) in [6.45, 7) is 0. The monoisotopic (exact) mass is 348 g/mol. The summed E-state index contributed by atoms with van der Waals surface area (Å²) in [5, 5.41) is 7.39. The smallest absolute Gasteiger partial charge is 0.291 e. The molecule has 0 saturated carbocycles. The van der Waals surface area contributed by atoms with Crippen LogP contribution in [0.3, 0.4) is 0 Å². The lowest BCUT2D eigenvalue weighted by molar-refractivity contribution is 0.0950. The van der Waals surface area contributed by atoms with E-state index in [1.54, 1.807) is 0 Å². The topological polar surface area (TPSA) is 80.4 Å². The molecule has 0 aliphatic rings. The molecular weight excluding hydrogens is 343 g/mol. The van der Waals surface area contributed by atoms with Crippen LogP contribution in [0.5, 0.6) is 0 Å². The Bertz CT molecular complexity index is 673. The van der Waals surface area contributed by atoms with E-state index < -0.39 is 5.91 Å². The maximum absolute atomic E-state index is 11.9. The Balaban J connectivity index is 2.18. The number of aromatic nitrogens is 1. The van der Waals surface area contributed by atoms with Crippen LogP contribution in [-0.4, -0.2) is 17.1 Å². The number of rotatable bonds is 3. The van der Waals surface area contributed by atoms with Crippen molar-refractivity contribution >= 4 is 63.9 Å². The summed E-state index contributed by atoms with van der Waals surface area (Å²) in [4.78, 5) is 15.7. The van der Waals surface area contributed by atoms with E-state index in [0.717, 1.165) is 5.56 Å². The number of nitrogen functional groups attached to an aromatic ring is 1. The van der Waals surface area contributed by atoms with Crippen molar-refractivity contribution in [2.24, 2.45) is 5.10 Å². The van der Waals surface area contributed by atoms with E-state index >= 15 is 0 Å². The maximum Gasteiger partial charge on any atom is 0.291 e. The van der Waals surface area contributed by atoms with E-state index in [9.17, 15) is 4.79 Å². The van der Waals surface area contributed by atoms with E-state index in [0.29, 0.717) is 0 Å². The van der Waals surface area contributed by atoms with Gasteiger partial charge in [-0.2, -0.15) is 16.4 Å². The number of hydrogen-bond donors (Lipinski definition) is 2. The van der Waals surface area contributed by atoms with Crippen LogP contribution in [0.15, 0.2) is 21.9 Å². The Labute approximate surface area is 133 Å². The van der Waals surface area contributed by atoms with Crippen molar-refractivity contribution < 1.29 is 4.79 Å². The predicted octanol–water partition coefficient (Wildman–Crippen LogP) is 3.45. The Morgan fingerprint density at radius 2 is 2.15 bits per heavy atom. The van der Waals surface area contributed by atoms with Crippen molar-refractivity contribution in [1.82, 2.24) is 10.4 Å². The molecule has 2 rings (SSSR count). The van der Waals surface area contributed by atoms with Gasteiger partial charge in [0.2, 0.25) is 0 Å². The van der Waals surface area contributed by atoms with E-state index in [1.807, 2.05) is 16.8 Å². The van der Waals surface area contributed by atoms with Gasteiger partial charge in [-0.15, -0.1) is 0 Å². The number of anilines is 1. The number of carbonyl (C=O) groups is 1. The van der Waals surface area contributed by atoms with Crippen LogP contribution in [0.4, 0.5) is 5.69 Å². The van der Waals surface area contributed by atoms with Gasteiger partial charge in [-0.25, -0.2) is 10.4 Å². The molecule has 0 bridgehead atoms. The highest BCUT2D eigenvalue weighted by Gasteiger charge is 2.19. The van der Waals surface area contributed by atoms with E-state index in [4.69, 9.17) is 40.5 Å². The summed E-state index contributed by atoms with van der Waals surface area (Å²) in [5.74, 6) is -0.633. The van der Waals surface area contributed by atoms with Gasteiger partial charge >= 0.3 is 0 Å². The highest BCUT2D eigenvalue weighted by Crippen LogP contribution is 2.34. The number of hydrazone groups is 1. The number of hydrogen-bond acceptors (Lipinski definition) is 5. The van der Waals surface area contributed by atoms with Crippen molar-refractivity contribution in [3.8, 4) is 0 Å². The second-order valence-corrected chi connectivity index (χ2v) is 5.44. The third kappa shape index (κ3) is 3.21. The normalized spacial score (nSPS) is 10.9. The second kappa shape index (κ2) is 6.41. The fraction of sp³-hybridized carbons (Fsp3) is 0. The predicted molar refractivity (Wildman–Crippen MR) is 83.1 cm³/mol. The van der Waals surface area contributed by atoms with Crippen LogP contribution in [0.2, 0.25) is 15.2 Å². The van der Waals surface area contributed by atoms with Crippen LogP contribution in [0.1, 0.15) is 16.1 Å². The first-order valence-corrected chi connectivity index (χ1v) is 7.24. The lowest BCUT2D eigenvalue weighted by atomic mass is 10.3. The third-order valence-electron chi connectivity index (χ3n) is 2.21. The average molecular weight is 350 g/mol. The van der Waals surface area contributed by atoms with Gasteiger partial charge in [-0.3, -0.25) is 4.79 Å². The van der Waals surface area contributed by atoms with Crippen molar-refractivity contribution in [2.45, 2.75) is 0 Å². The SMILES string of the molecule is Nc1c(Cl)c(Cl)nc(C(=O)N/N=C\c2ccsc2)c1Cl. The van der Waals surface area contributed by atoms with Crippen molar-refractivity contribution in [1.29, 1.82) is 0 Å². The van der Waals surface area contributed by atoms with Gasteiger partial charge in [0.05, 0.1) is 16.9 Å². The Kier molecular flexibility index (Phi) is 4.82. The molecule has 0 aliphatic heterocycles. The Hall–Kier alpha value is -1.34. The molecule has 0 spiro atoms. The lowest BCUT2D eigenvalue weighted by Gasteiger charge is -2.07. The fourth-order valence-corrected chi connectivity index (χ4v) is 2.45. The zero-order valence-electron chi connectivity index (χ0n) is 9.73. The van der Waals surface area contributed by atoms with Crippen LogP contribution in [0, 0.1) is 0 Å². The molecule has 0 unspecified atom stereocenters. The minimum absolute atomic E-state index is 0.000275. The zero-order valence-corrected chi connectivity index (χ0v) is 12.8. The van der Waals surface area contributed by atoms with Crippen LogP contribution in [0.25, 0.3) is 0 Å². The molecule has 0 aliphatic carbocycles. The molecule has 5 nitrogen and oxygen atoms in total. The van der Waals surface area contributed by atoms with Crippen LogP contribution in [-0.2, 0) is 0 Å². The molecule has 0 fully saturated rings. The first-order chi connectivity index (χ1) is 9.50. The number of nitrogens with zero attached hydrogens (tertiary/aromatic N) is 2. The quantitative estimate of drug-likeness (QED) is 0.506. The van der Waals surface area contributed by atoms with Gasteiger partial charge in [0.15, 0.2) is 10.8 Å². The molecule has 9 heteroatoms. The average Bonchev–Trinajstić information content (AvgIpc) is 2.93. The fourth-order valence-electron chi connectivity index (χ4n) is 1.25. The zero-order chi connectivity index (χ0) is 14.7. The molecule has 2 aromatic heterocycles. The molecule has 0 aromatic carbocycles. The summed E-state index contributed by atoms with van der Waals surface area (Å²) in [7, 11) is 0. The van der Waals surface area contributed by atoms with Gasteiger partial charge in [-0.1, -0.05) is 34.8 Å². The standard InChI is InChI=1S/C11H7Cl3N4OS/c12-6-8(15)7(13)10(14)17-9(6)11(19)18-16-3-5-1-2-20-4-5/h1-4H,(H2,15,17)(H,18,19)/b16-3-. The first kappa shape index (κ1) is 15.1. The van der Waals surface area contributed by atoms with Gasteiger partial charge in [-0.05, 0) is 16.8 Å². The highest BCUT2D eigenvalue weighted by molar-refractivity contribution is 7.08. The van der Waals surface area contributed by atoms with E-state index in [1.165, 1.54) is 17.6 Å². The number of thiophene rings is 1. The molecule has 0 radical (unpaired) electrons. The van der Waals surface area contributed by atoms with Crippen molar-refractivity contribution in [3.05, 3.63) is 43.3 Å². The largest absolute Gasteiger partial charge is 0.396 e. The third-order valence-corrected chi connectivity index (χ3v) is 4.05. The maximum atomic E-state index is 11.9. The number of amides is 1. The van der Waals surface area contributed by atoms with E-state index in [-0.39, 0.29) is 26.6 Å². The summed E-state index contributed by atoms with van der Waals surface area (Å²) in [5.41, 5.74) is 8.63. The van der Waals surface area contributed by atoms with Gasteiger partial charge in [0.25, 0.3) is 5.91 Å². The van der Waals surface area contributed by atoms with Gasteiger partial charge in [0.1, 0.15) is 5.02 Å². The van der Waals surface area contributed by atoms with Gasteiger partial charge < -0.3 is 5.73 Å². The summed E-state index contributed by atoms with van der Waals surface area (Å²) in [6.07, 6.45) is 1.49. The highest BCUT2D eigenvalue weighted by atomic mass is 35.5. The molecule has 1 amide bonds. The molecule has 2 aromatic rings. The van der Waals surface area contributed by atoms with Crippen molar-refractivity contribution in [2.75, 3.05) is 5.73 Å². The molecule has 0 atom stereocenters. The minimum atomic E-state index is -0.633.